The zero-order valence-electron chi connectivity index (χ0n) is 11.5. The highest BCUT2D eigenvalue weighted by Crippen LogP contribution is 2.23. The van der Waals surface area contributed by atoms with Gasteiger partial charge >= 0.3 is 0 Å². The molecule has 2 rings (SSSR count). The Morgan fingerprint density at radius 1 is 1.45 bits per heavy atom. The van der Waals surface area contributed by atoms with Crippen LogP contribution in [0.25, 0.3) is 0 Å². The van der Waals surface area contributed by atoms with E-state index in [4.69, 9.17) is 11.6 Å². The van der Waals surface area contributed by atoms with Crippen molar-refractivity contribution < 1.29 is 4.79 Å². The summed E-state index contributed by atoms with van der Waals surface area (Å²) in [5, 5.41) is 6.41. The number of nitrogens with one attached hydrogen (secondary N) is 2. The molecule has 5 nitrogen and oxygen atoms in total. The number of carbonyl (C=O) groups is 1. The molecule has 0 radical (unpaired) electrons. The molecule has 6 heteroatoms. The van der Waals surface area contributed by atoms with Crippen LogP contribution >= 0.6 is 11.6 Å². The van der Waals surface area contributed by atoms with Gasteiger partial charge in [-0.25, -0.2) is 4.98 Å². The highest BCUT2D eigenvalue weighted by atomic mass is 35.5. The molecule has 0 fully saturated rings. The number of benzene rings is 1. The molecule has 0 bridgehead atoms. The molecular formula is C14H17ClN4O. The van der Waals surface area contributed by atoms with E-state index in [2.05, 4.69) is 22.5 Å². The van der Waals surface area contributed by atoms with Gasteiger partial charge < -0.3 is 15.2 Å². The van der Waals surface area contributed by atoms with Gasteiger partial charge in [0.25, 0.3) is 5.91 Å². The van der Waals surface area contributed by atoms with E-state index in [1.54, 1.807) is 31.6 Å². The lowest BCUT2D eigenvalue weighted by atomic mass is 10.2. The molecule has 0 saturated carbocycles. The number of aromatic nitrogens is 2. The van der Waals surface area contributed by atoms with Gasteiger partial charge in [0.2, 0.25) is 0 Å². The number of hydrogen-bond acceptors (Lipinski definition) is 3. The number of anilines is 1. The lowest BCUT2D eigenvalue weighted by Gasteiger charge is -2.11. The van der Waals surface area contributed by atoms with Gasteiger partial charge in [0.05, 0.1) is 29.3 Å². The first-order valence-corrected chi connectivity index (χ1v) is 6.78. The smallest absolute Gasteiger partial charge is 0.251 e. The lowest BCUT2D eigenvalue weighted by Crippen LogP contribution is -2.18. The van der Waals surface area contributed by atoms with Gasteiger partial charge in [0.1, 0.15) is 0 Å². The number of rotatable bonds is 5. The highest BCUT2D eigenvalue weighted by molar-refractivity contribution is 6.33. The van der Waals surface area contributed by atoms with Gasteiger partial charge in [-0.15, -0.1) is 0 Å². The molecule has 1 amide bonds. The highest BCUT2D eigenvalue weighted by Gasteiger charge is 2.08. The van der Waals surface area contributed by atoms with E-state index in [9.17, 15) is 4.79 Å². The molecule has 1 heterocycles. The van der Waals surface area contributed by atoms with Gasteiger partial charge in [-0.2, -0.15) is 0 Å². The van der Waals surface area contributed by atoms with Crippen LogP contribution in [0.4, 0.5) is 5.69 Å². The Morgan fingerprint density at radius 3 is 2.95 bits per heavy atom. The summed E-state index contributed by atoms with van der Waals surface area (Å²) in [6.07, 6.45) is 3.60. The molecule has 2 N–H and O–H groups in total. The number of halogens is 1. The van der Waals surface area contributed by atoms with Crippen molar-refractivity contribution in [3.8, 4) is 0 Å². The largest absolute Gasteiger partial charge is 0.378 e. The average molecular weight is 293 g/mol. The van der Waals surface area contributed by atoms with Crippen LogP contribution < -0.4 is 10.6 Å². The molecule has 0 aliphatic heterocycles. The van der Waals surface area contributed by atoms with Gasteiger partial charge in [-0.1, -0.05) is 11.6 Å². The summed E-state index contributed by atoms with van der Waals surface area (Å²) in [4.78, 5) is 15.7. The molecule has 0 aliphatic carbocycles. The quantitative estimate of drug-likeness (QED) is 0.890. The summed E-state index contributed by atoms with van der Waals surface area (Å²) < 4.78 is 2.05. The van der Waals surface area contributed by atoms with Crippen LogP contribution in [0.3, 0.4) is 0 Å². The summed E-state index contributed by atoms with van der Waals surface area (Å²) in [6.45, 7) is 3.53. The van der Waals surface area contributed by atoms with E-state index in [-0.39, 0.29) is 5.91 Å². The van der Waals surface area contributed by atoms with Crippen molar-refractivity contribution in [1.29, 1.82) is 0 Å². The van der Waals surface area contributed by atoms with Crippen LogP contribution in [0.15, 0.2) is 30.7 Å². The number of amides is 1. The molecular weight excluding hydrogens is 276 g/mol. The predicted molar refractivity (Wildman–Crippen MR) is 80.1 cm³/mol. The minimum absolute atomic E-state index is 0.136. The van der Waals surface area contributed by atoms with Crippen molar-refractivity contribution in [3.63, 3.8) is 0 Å². The second kappa shape index (κ2) is 6.43. The maximum absolute atomic E-state index is 11.6. The summed E-state index contributed by atoms with van der Waals surface area (Å²) in [6, 6.07) is 5.15. The Balaban J connectivity index is 2.14. The third-order valence-corrected chi connectivity index (χ3v) is 3.38. The SMILES string of the molecule is CCn1cncc1CNc1cc(C(=O)NC)ccc1Cl. The first-order valence-electron chi connectivity index (χ1n) is 6.40. The van der Waals surface area contributed by atoms with Gasteiger partial charge in [0.15, 0.2) is 0 Å². The molecule has 0 spiro atoms. The minimum Gasteiger partial charge on any atom is -0.378 e. The predicted octanol–water partition coefficient (Wildman–Crippen LogP) is 2.53. The second-order valence-corrected chi connectivity index (χ2v) is 4.71. The summed E-state index contributed by atoms with van der Waals surface area (Å²) in [5.41, 5.74) is 2.37. The van der Waals surface area contributed by atoms with Gasteiger partial charge in [0, 0.05) is 25.4 Å². The zero-order valence-corrected chi connectivity index (χ0v) is 12.2. The fourth-order valence-electron chi connectivity index (χ4n) is 1.91. The maximum atomic E-state index is 11.6. The monoisotopic (exact) mass is 292 g/mol. The van der Waals surface area contributed by atoms with Crippen LogP contribution in [0, 0.1) is 0 Å². The topological polar surface area (TPSA) is 59.0 Å². The number of nitrogens with zero attached hydrogens (tertiary/aromatic N) is 2. The summed E-state index contributed by atoms with van der Waals surface area (Å²) in [7, 11) is 1.60. The minimum atomic E-state index is -0.136. The third-order valence-electron chi connectivity index (χ3n) is 3.05. The van der Waals surface area contributed by atoms with Gasteiger partial charge in [-0.05, 0) is 25.1 Å². The van der Waals surface area contributed by atoms with Crippen LogP contribution in [0.5, 0.6) is 0 Å². The molecule has 0 atom stereocenters. The normalized spacial score (nSPS) is 10.3. The second-order valence-electron chi connectivity index (χ2n) is 4.30. The van der Waals surface area contributed by atoms with Crippen LogP contribution in [0.2, 0.25) is 5.02 Å². The molecule has 0 unspecified atom stereocenters. The van der Waals surface area contributed by atoms with E-state index >= 15 is 0 Å². The number of carbonyl (C=O) groups excluding carboxylic acids is 1. The Morgan fingerprint density at radius 2 is 2.25 bits per heavy atom. The first-order chi connectivity index (χ1) is 9.65. The summed E-state index contributed by atoms with van der Waals surface area (Å²) in [5.74, 6) is -0.136. The summed E-state index contributed by atoms with van der Waals surface area (Å²) >= 11 is 6.14. The van der Waals surface area contributed by atoms with Crippen molar-refractivity contribution >= 4 is 23.2 Å². The molecule has 0 saturated heterocycles. The van der Waals surface area contributed by atoms with E-state index < -0.39 is 0 Å². The van der Waals surface area contributed by atoms with Crippen LogP contribution in [-0.2, 0) is 13.1 Å². The van der Waals surface area contributed by atoms with E-state index in [0.717, 1.165) is 17.9 Å². The number of imidazole rings is 1. The number of aryl methyl sites for hydroxylation is 1. The van der Waals surface area contributed by atoms with Crippen molar-refractivity contribution in [2.45, 2.75) is 20.0 Å². The van der Waals surface area contributed by atoms with Crippen molar-refractivity contribution in [2.75, 3.05) is 12.4 Å². The number of hydrogen-bond donors (Lipinski definition) is 2. The standard InChI is InChI=1S/C14H17ClN4O/c1-3-19-9-17-7-11(19)8-18-13-6-10(14(20)16-2)4-5-12(13)15/h4-7,9,18H,3,8H2,1-2H3,(H,16,20). The molecule has 1 aromatic carbocycles. The fraction of sp³-hybridized carbons (Fsp3) is 0.286. The first kappa shape index (κ1) is 14.4. The zero-order chi connectivity index (χ0) is 14.5. The van der Waals surface area contributed by atoms with Crippen LogP contribution in [-0.4, -0.2) is 22.5 Å². The van der Waals surface area contributed by atoms with Gasteiger partial charge in [-0.3, -0.25) is 4.79 Å². The lowest BCUT2D eigenvalue weighted by molar-refractivity contribution is 0.0963. The molecule has 106 valence electrons. The Hall–Kier alpha value is -2.01. The van der Waals surface area contributed by atoms with E-state index in [1.165, 1.54) is 0 Å². The van der Waals surface area contributed by atoms with E-state index in [1.807, 2.05) is 10.8 Å². The Kier molecular flexibility index (Phi) is 4.63. The third kappa shape index (κ3) is 3.11. The van der Waals surface area contributed by atoms with E-state index in [0.29, 0.717) is 17.1 Å². The average Bonchev–Trinajstić information content (AvgIpc) is 2.93. The molecule has 20 heavy (non-hydrogen) atoms. The molecule has 0 aliphatic rings. The van der Waals surface area contributed by atoms with Crippen molar-refractivity contribution in [1.82, 2.24) is 14.9 Å². The fourth-order valence-corrected chi connectivity index (χ4v) is 2.10. The van der Waals surface area contributed by atoms with Crippen molar-refractivity contribution in [2.24, 2.45) is 0 Å². The molecule has 1 aromatic heterocycles. The van der Waals surface area contributed by atoms with Crippen molar-refractivity contribution in [3.05, 3.63) is 47.0 Å². The van der Waals surface area contributed by atoms with Crippen LogP contribution in [0.1, 0.15) is 23.0 Å². The molecule has 2 aromatic rings. The Labute approximate surface area is 123 Å². The Bertz CT molecular complexity index is 609. The maximum Gasteiger partial charge on any atom is 0.251 e.